The maximum Gasteiger partial charge on any atom is 0.343 e. The molecule has 2 aromatic carbocycles. The van der Waals surface area contributed by atoms with Gasteiger partial charge in [-0.2, -0.15) is 0 Å². The van der Waals surface area contributed by atoms with E-state index in [0.717, 1.165) is 0 Å². The Balaban J connectivity index is 0.00000364. The second-order valence-corrected chi connectivity index (χ2v) is 6.83. The Kier molecular flexibility index (Phi) is 7.82. The number of aromatic hydroxyl groups is 1. The molecule has 0 atom stereocenters. The van der Waals surface area contributed by atoms with E-state index < -0.39 is 5.97 Å². The van der Waals surface area contributed by atoms with Gasteiger partial charge < -0.3 is 19.9 Å². The molecule has 0 saturated heterocycles. The number of hydrogen-bond donors (Lipinski definition) is 2. The average Bonchev–Trinajstić information content (AvgIpc) is 2.60. The zero-order chi connectivity index (χ0) is 19.3. The number of phenols is 1. The number of benzene rings is 2. The zero-order valence-corrected chi connectivity index (χ0v) is 16.6. The zero-order valence-electron chi connectivity index (χ0n) is 15.7. The number of ketones is 1. The van der Waals surface area contributed by atoms with Crippen molar-refractivity contribution in [1.82, 2.24) is 5.32 Å². The average molecular weight is 394 g/mol. The molecule has 2 rings (SSSR count). The molecule has 7 heteroatoms. The summed E-state index contributed by atoms with van der Waals surface area (Å²) in [4.78, 5) is 24.3. The van der Waals surface area contributed by atoms with Gasteiger partial charge in [0.2, 0.25) is 0 Å². The van der Waals surface area contributed by atoms with Crippen LogP contribution < -0.4 is 14.8 Å². The number of carbonyl (C=O) groups is 2. The molecule has 0 aliphatic heterocycles. The van der Waals surface area contributed by atoms with Crippen molar-refractivity contribution in [2.75, 3.05) is 13.7 Å². The third kappa shape index (κ3) is 6.58. The van der Waals surface area contributed by atoms with Gasteiger partial charge in [-0.15, -0.1) is 12.4 Å². The Morgan fingerprint density at radius 1 is 1.04 bits per heavy atom. The first-order valence-electron chi connectivity index (χ1n) is 8.17. The minimum atomic E-state index is -0.614. The Bertz CT molecular complexity index is 797. The predicted molar refractivity (Wildman–Crippen MR) is 105 cm³/mol. The third-order valence-electron chi connectivity index (χ3n) is 3.59. The molecule has 0 aliphatic carbocycles. The summed E-state index contributed by atoms with van der Waals surface area (Å²) < 4.78 is 10.2. The van der Waals surface area contributed by atoms with Crippen molar-refractivity contribution in [2.24, 2.45) is 0 Å². The predicted octanol–water partition coefficient (Wildman–Crippen LogP) is 3.61. The minimum absolute atomic E-state index is 0. The maximum absolute atomic E-state index is 12.2. The molecule has 146 valence electrons. The monoisotopic (exact) mass is 393 g/mol. The highest BCUT2D eigenvalue weighted by atomic mass is 35.5. The van der Waals surface area contributed by atoms with Gasteiger partial charge in [-0.05, 0) is 63.2 Å². The molecular weight excluding hydrogens is 370 g/mol. The topological polar surface area (TPSA) is 84.9 Å². The number of methoxy groups -OCH3 is 1. The van der Waals surface area contributed by atoms with Crippen LogP contribution in [0.25, 0.3) is 0 Å². The van der Waals surface area contributed by atoms with Gasteiger partial charge in [-0.1, -0.05) is 0 Å². The van der Waals surface area contributed by atoms with E-state index in [9.17, 15) is 14.7 Å². The van der Waals surface area contributed by atoms with Gasteiger partial charge in [-0.3, -0.25) is 4.79 Å². The number of Topliss-reactive ketones (excluding diaryl/α,β-unsaturated/α-hetero) is 1. The number of halogens is 1. The molecule has 0 heterocycles. The minimum Gasteiger partial charge on any atom is -0.504 e. The molecule has 0 fully saturated rings. The van der Waals surface area contributed by atoms with Crippen molar-refractivity contribution in [3.05, 3.63) is 53.6 Å². The lowest BCUT2D eigenvalue weighted by atomic mass is 10.1. The van der Waals surface area contributed by atoms with E-state index in [1.165, 1.54) is 25.3 Å². The van der Waals surface area contributed by atoms with Crippen LogP contribution in [0.15, 0.2) is 42.5 Å². The van der Waals surface area contributed by atoms with Crippen molar-refractivity contribution < 1.29 is 24.2 Å². The number of nitrogens with one attached hydrogen (secondary N) is 1. The number of hydrogen-bond acceptors (Lipinski definition) is 6. The van der Waals surface area contributed by atoms with Crippen molar-refractivity contribution in [3.8, 4) is 17.2 Å². The van der Waals surface area contributed by atoms with Crippen LogP contribution in [-0.2, 0) is 0 Å². The van der Waals surface area contributed by atoms with Gasteiger partial charge in [0.05, 0.1) is 19.2 Å². The second kappa shape index (κ2) is 9.39. The summed E-state index contributed by atoms with van der Waals surface area (Å²) in [6, 6.07) is 10.6. The maximum atomic E-state index is 12.2. The SMILES string of the molecule is COc1ccc(C(=O)Oc2ccc(C(=O)CNC(C)(C)C)cc2O)cc1.Cl. The molecule has 0 amide bonds. The molecular formula is C20H24ClNO5. The summed E-state index contributed by atoms with van der Waals surface area (Å²) in [5.41, 5.74) is 0.467. The van der Waals surface area contributed by atoms with Gasteiger partial charge in [0.25, 0.3) is 0 Å². The lowest BCUT2D eigenvalue weighted by Gasteiger charge is -2.19. The summed E-state index contributed by atoms with van der Waals surface area (Å²) in [6.07, 6.45) is 0. The fraction of sp³-hybridized carbons (Fsp3) is 0.300. The Hall–Kier alpha value is -2.57. The Labute approximate surface area is 164 Å². The van der Waals surface area contributed by atoms with Crippen LogP contribution in [0, 0.1) is 0 Å². The van der Waals surface area contributed by atoms with E-state index in [4.69, 9.17) is 9.47 Å². The molecule has 0 bridgehead atoms. The van der Waals surface area contributed by atoms with Crippen LogP contribution in [0.2, 0.25) is 0 Å². The van der Waals surface area contributed by atoms with E-state index in [0.29, 0.717) is 16.9 Å². The van der Waals surface area contributed by atoms with Gasteiger partial charge in [-0.25, -0.2) is 4.79 Å². The Morgan fingerprint density at radius 3 is 2.15 bits per heavy atom. The number of esters is 1. The number of phenolic OH excluding ortho intramolecular Hbond substituents is 1. The molecule has 2 aromatic rings. The first-order valence-corrected chi connectivity index (χ1v) is 8.17. The molecule has 0 aromatic heterocycles. The number of carbonyl (C=O) groups excluding carboxylic acids is 2. The standard InChI is InChI=1S/C20H23NO5.ClH/c1-20(2,3)21-12-17(23)14-7-10-18(16(22)11-14)26-19(24)13-5-8-15(25-4)9-6-13;/h5-11,21-22H,12H2,1-4H3;1H. The molecule has 6 nitrogen and oxygen atoms in total. The first kappa shape index (κ1) is 22.5. The van der Waals surface area contributed by atoms with Crippen molar-refractivity contribution in [1.29, 1.82) is 0 Å². The molecule has 27 heavy (non-hydrogen) atoms. The van der Waals surface area contributed by atoms with Crippen molar-refractivity contribution >= 4 is 24.2 Å². The van der Waals surface area contributed by atoms with Gasteiger partial charge >= 0.3 is 5.97 Å². The molecule has 0 radical (unpaired) electrons. The fourth-order valence-corrected chi connectivity index (χ4v) is 2.11. The van der Waals surface area contributed by atoms with Crippen LogP contribution in [-0.4, -0.2) is 36.1 Å². The molecule has 2 N–H and O–H groups in total. The van der Waals surface area contributed by atoms with Gasteiger partial charge in [0.1, 0.15) is 5.75 Å². The summed E-state index contributed by atoms with van der Waals surface area (Å²) in [7, 11) is 1.53. The normalized spacial score (nSPS) is 10.7. The van der Waals surface area contributed by atoms with Gasteiger partial charge in [0, 0.05) is 11.1 Å². The van der Waals surface area contributed by atoms with E-state index in [-0.39, 0.29) is 41.8 Å². The van der Waals surface area contributed by atoms with Crippen LogP contribution in [0.4, 0.5) is 0 Å². The fourth-order valence-electron chi connectivity index (χ4n) is 2.11. The van der Waals surface area contributed by atoms with E-state index >= 15 is 0 Å². The Morgan fingerprint density at radius 2 is 1.63 bits per heavy atom. The highest BCUT2D eigenvalue weighted by Gasteiger charge is 2.16. The first-order chi connectivity index (χ1) is 12.2. The molecule has 0 unspecified atom stereocenters. The van der Waals surface area contributed by atoms with E-state index in [1.807, 2.05) is 20.8 Å². The summed E-state index contributed by atoms with van der Waals surface area (Å²) >= 11 is 0. The summed E-state index contributed by atoms with van der Waals surface area (Å²) in [5.74, 6) is -0.435. The third-order valence-corrected chi connectivity index (χ3v) is 3.59. The largest absolute Gasteiger partial charge is 0.504 e. The van der Waals surface area contributed by atoms with Crippen LogP contribution in [0.3, 0.4) is 0 Å². The van der Waals surface area contributed by atoms with Crippen molar-refractivity contribution in [2.45, 2.75) is 26.3 Å². The quantitative estimate of drug-likeness (QED) is 0.443. The molecule has 0 spiro atoms. The highest BCUT2D eigenvalue weighted by Crippen LogP contribution is 2.28. The highest BCUT2D eigenvalue weighted by molar-refractivity contribution is 5.98. The van der Waals surface area contributed by atoms with E-state index in [2.05, 4.69) is 5.32 Å². The second-order valence-electron chi connectivity index (χ2n) is 6.83. The van der Waals surface area contributed by atoms with Crippen LogP contribution in [0.1, 0.15) is 41.5 Å². The van der Waals surface area contributed by atoms with Crippen LogP contribution >= 0.6 is 12.4 Å². The summed E-state index contributed by atoms with van der Waals surface area (Å²) in [6.45, 7) is 6.02. The number of rotatable bonds is 6. The number of ether oxygens (including phenoxy) is 2. The van der Waals surface area contributed by atoms with Crippen LogP contribution in [0.5, 0.6) is 17.2 Å². The van der Waals surface area contributed by atoms with Crippen molar-refractivity contribution in [3.63, 3.8) is 0 Å². The smallest absolute Gasteiger partial charge is 0.343 e. The lowest BCUT2D eigenvalue weighted by molar-refractivity contribution is 0.0729. The lowest BCUT2D eigenvalue weighted by Crippen LogP contribution is -2.39. The van der Waals surface area contributed by atoms with E-state index in [1.54, 1.807) is 24.3 Å². The summed E-state index contributed by atoms with van der Waals surface area (Å²) in [5, 5.41) is 13.2. The molecule has 0 saturated carbocycles. The molecule has 0 aliphatic rings. The van der Waals surface area contributed by atoms with Gasteiger partial charge in [0.15, 0.2) is 17.3 Å².